The van der Waals surface area contributed by atoms with E-state index in [2.05, 4.69) is 20.6 Å². The van der Waals surface area contributed by atoms with Crippen molar-refractivity contribution < 1.29 is 4.79 Å². The fraction of sp³-hybridized carbons (Fsp3) is 0. The highest BCUT2D eigenvalue weighted by molar-refractivity contribution is 6.31. The second-order valence-electron chi connectivity index (χ2n) is 4.88. The highest BCUT2D eigenvalue weighted by Gasteiger charge is 2.09. The SMILES string of the molecule is O=C(Nc1cccc(Cl)c1)c1cnc(Nc2ccc(Cl)cc2)cn1. The van der Waals surface area contributed by atoms with Gasteiger partial charge in [-0.15, -0.1) is 0 Å². The number of nitrogens with one attached hydrogen (secondary N) is 2. The molecule has 7 heteroatoms. The van der Waals surface area contributed by atoms with E-state index in [9.17, 15) is 4.79 Å². The number of hydrogen-bond donors (Lipinski definition) is 2. The van der Waals surface area contributed by atoms with Crippen LogP contribution in [-0.2, 0) is 0 Å². The first-order valence-corrected chi connectivity index (χ1v) is 7.77. The molecule has 5 nitrogen and oxygen atoms in total. The standard InChI is InChI=1S/C17H12Cl2N4O/c18-11-4-6-13(7-5-11)22-16-10-20-15(9-21-16)17(24)23-14-3-1-2-12(19)8-14/h1-10H,(H,21,22)(H,23,24). The van der Waals surface area contributed by atoms with Crippen molar-refractivity contribution in [3.63, 3.8) is 0 Å². The van der Waals surface area contributed by atoms with Crippen molar-refractivity contribution in [2.24, 2.45) is 0 Å². The molecule has 0 aliphatic heterocycles. The summed E-state index contributed by atoms with van der Waals surface area (Å²) in [5.41, 5.74) is 1.62. The molecule has 1 aromatic heterocycles. The molecule has 2 N–H and O–H groups in total. The summed E-state index contributed by atoms with van der Waals surface area (Å²) in [7, 11) is 0. The van der Waals surface area contributed by atoms with Crippen LogP contribution < -0.4 is 10.6 Å². The van der Waals surface area contributed by atoms with Gasteiger partial charge in [0, 0.05) is 21.4 Å². The minimum Gasteiger partial charge on any atom is -0.339 e. The quantitative estimate of drug-likeness (QED) is 0.704. The van der Waals surface area contributed by atoms with Crippen molar-refractivity contribution in [2.45, 2.75) is 0 Å². The molecule has 0 spiro atoms. The number of carbonyl (C=O) groups excluding carboxylic acids is 1. The highest BCUT2D eigenvalue weighted by atomic mass is 35.5. The van der Waals surface area contributed by atoms with Crippen LogP contribution in [0.2, 0.25) is 10.0 Å². The number of hydrogen-bond acceptors (Lipinski definition) is 4. The lowest BCUT2D eigenvalue weighted by molar-refractivity contribution is 0.102. The van der Waals surface area contributed by atoms with Gasteiger partial charge in [-0.2, -0.15) is 0 Å². The first-order valence-electron chi connectivity index (χ1n) is 7.02. The highest BCUT2D eigenvalue weighted by Crippen LogP contribution is 2.18. The van der Waals surface area contributed by atoms with E-state index in [0.717, 1.165) is 5.69 Å². The summed E-state index contributed by atoms with van der Waals surface area (Å²) in [5.74, 6) is 0.166. The molecule has 0 saturated carbocycles. The van der Waals surface area contributed by atoms with E-state index in [-0.39, 0.29) is 11.6 Å². The maximum atomic E-state index is 12.1. The van der Waals surface area contributed by atoms with Crippen LogP contribution in [0.25, 0.3) is 0 Å². The van der Waals surface area contributed by atoms with Crippen LogP contribution in [0.4, 0.5) is 17.2 Å². The topological polar surface area (TPSA) is 66.9 Å². The Labute approximate surface area is 148 Å². The molecular weight excluding hydrogens is 347 g/mol. The predicted octanol–water partition coefficient (Wildman–Crippen LogP) is 4.78. The maximum Gasteiger partial charge on any atom is 0.275 e. The van der Waals surface area contributed by atoms with Crippen molar-refractivity contribution in [2.75, 3.05) is 10.6 Å². The van der Waals surface area contributed by atoms with Gasteiger partial charge in [0.05, 0.1) is 12.4 Å². The fourth-order valence-electron chi connectivity index (χ4n) is 1.95. The van der Waals surface area contributed by atoms with Crippen LogP contribution >= 0.6 is 23.2 Å². The molecule has 0 aliphatic rings. The van der Waals surface area contributed by atoms with E-state index in [1.54, 1.807) is 36.4 Å². The molecule has 3 rings (SSSR count). The molecular formula is C17H12Cl2N4O. The van der Waals surface area contributed by atoms with E-state index in [1.165, 1.54) is 12.4 Å². The summed E-state index contributed by atoms with van der Waals surface area (Å²) in [6.45, 7) is 0. The zero-order valence-corrected chi connectivity index (χ0v) is 13.8. The Kier molecular flexibility index (Phi) is 4.93. The number of benzene rings is 2. The minimum atomic E-state index is -0.359. The van der Waals surface area contributed by atoms with Gasteiger partial charge < -0.3 is 10.6 Å². The van der Waals surface area contributed by atoms with Crippen LogP contribution in [0.5, 0.6) is 0 Å². The van der Waals surface area contributed by atoms with Crippen molar-refractivity contribution in [3.8, 4) is 0 Å². The number of rotatable bonds is 4. The van der Waals surface area contributed by atoms with E-state index < -0.39 is 0 Å². The molecule has 0 bridgehead atoms. The van der Waals surface area contributed by atoms with Gasteiger partial charge in [0.25, 0.3) is 5.91 Å². The van der Waals surface area contributed by atoms with Gasteiger partial charge in [0.1, 0.15) is 11.5 Å². The molecule has 1 amide bonds. The van der Waals surface area contributed by atoms with Crippen LogP contribution in [0.15, 0.2) is 60.9 Å². The second kappa shape index (κ2) is 7.29. The number of carbonyl (C=O) groups is 1. The van der Waals surface area contributed by atoms with Gasteiger partial charge in [-0.05, 0) is 42.5 Å². The molecule has 0 atom stereocenters. The lowest BCUT2D eigenvalue weighted by atomic mass is 10.3. The zero-order chi connectivity index (χ0) is 16.9. The summed E-state index contributed by atoms with van der Waals surface area (Å²) >= 11 is 11.7. The average molecular weight is 359 g/mol. The Bertz CT molecular complexity index is 851. The van der Waals surface area contributed by atoms with E-state index in [1.807, 2.05) is 12.1 Å². The Morgan fingerprint density at radius 2 is 1.67 bits per heavy atom. The molecule has 0 fully saturated rings. The zero-order valence-electron chi connectivity index (χ0n) is 12.3. The molecule has 24 heavy (non-hydrogen) atoms. The molecule has 0 aliphatic carbocycles. The summed E-state index contributed by atoms with van der Waals surface area (Å²) < 4.78 is 0. The van der Waals surface area contributed by atoms with E-state index in [4.69, 9.17) is 23.2 Å². The van der Waals surface area contributed by atoms with Crippen LogP contribution in [0.3, 0.4) is 0 Å². The van der Waals surface area contributed by atoms with Gasteiger partial charge in [-0.25, -0.2) is 9.97 Å². The largest absolute Gasteiger partial charge is 0.339 e. The Morgan fingerprint density at radius 1 is 0.875 bits per heavy atom. The predicted molar refractivity (Wildman–Crippen MR) is 96.2 cm³/mol. The molecule has 0 saturated heterocycles. The monoisotopic (exact) mass is 358 g/mol. The van der Waals surface area contributed by atoms with Crippen LogP contribution in [-0.4, -0.2) is 15.9 Å². The molecule has 0 unspecified atom stereocenters. The first-order chi connectivity index (χ1) is 11.6. The number of nitrogens with zero attached hydrogens (tertiary/aromatic N) is 2. The summed E-state index contributed by atoms with van der Waals surface area (Å²) in [4.78, 5) is 20.4. The lowest BCUT2D eigenvalue weighted by Gasteiger charge is -2.07. The lowest BCUT2D eigenvalue weighted by Crippen LogP contribution is -2.14. The second-order valence-corrected chi connectivity index (χ2v) is 5.76. The average Bonchev–Trinajstić information content (AvgIpc) is 2.57. The van der Waals surface area contributed by atoms with Gasteiger partial charge in [0.2, 0.25) is 0 Å². The van der Waals surface area contributed by atoms with Crippen molar-refractivity contribution in [1.82, 2.24) is 9.97 Å². The van der Waals surface area contributed by atoms with E-state index in [0.29, 0.717) is 21.6 Å². The maximum absolute atomic E-state index is 12.1. The Balaban J connectivity index is 1.67. The molecule has 1 heterocycles. The number of halogens is 2. The van der Waals surface area contributed by atoms with Gasteiger partial charge in [-0.3, -0.25) is 4.79 Å². The van der Waals surface area contributed by atoms with Gasteiger partial charge >= 0.3 is 0 Å². The molecule has 120 valence electrons. The van der Waals surface area contributed by atoms with Crippen molar-refractivity contribution in [1.29, 1.82) is 0 Å². The van der Waals surface area contributed by atoms with Crippen molar-refractivity contribution in [3.05, 3.63) is 76.7 Å². The molecule has 2 aromatic carbocycles. The number of aromatic nitrogens is 2. The summed E-state index contributed by atoms with van der Waals surface area (Å²) in [6.07, 6.45) is 2.89. The minimum absolute atomic E-state index is 0.205. The first kappa shape index (κ1) is 16.2. The Morgan fingerprint density at radius 3 is 2.33 bits per heavy atom. The molecule has 0 radical (unpaired) electrons. The third-order valence-electron chi connectivity index (χ3n) is 3.08. The smallest absolute Gasteiger partial charge is 0.275 e. The number of amides is 1. The summed E-state index contributed by atoms with van der Waals surface area (Å²) in [5, 5.41) is 6.98. The van der Waals surface area contributed by atoms with Gasteiger partial charge in [0.15, 0.2) is 0 Å². The fourth-order valence-corrected chi connectivity index (χ4v) is 2.27. The van der Waals surface area contributed by atoms with Crippen LogP contribution in [0, 0.1) is 0 Å². The molecule has 3 aromatic rings. The van der Waals surface area contributed by atoms with Crippen molar-refractivity contribution >= 4 is 46.3 Å². The third-order valence-corrected chi connectivity index (χ3v) is 3.57. The Hall–Kier alpha value is -2.63. The number of anilines is 3. The van der Waals surface area contributed by atoms with Gasteiger partial charge in [-0.1, -0.05) is 29.3 Å². The van der Waals surface area contributed by atoms with E-state index >= 15 is 0 Å². The summed E-state index contributed by atoms with van der Waals surface area (Å²) in [6, 6.07) is 14.1. The third kappa shape index (κ3) is 4.22. The normalized spacial score (nSPS) is 10.2. The van der Waals surface area contributed by atoms with Crippen LogP contribution in [0.1, 0.15) is 10.5 Å².